The van der Waals surface area contributed by atoms with E-state index in [4.69, 9.17) is 78.8 Å². The van der Waals surface area contributed by atoms with E-state index < -0.39 is 121 Å². The Balaban J connectivity index is 1.22. The lowest BCUT2D eigenvalue weighted by molar-refractivity contribution is -0.267. The average Bonchev–Trinajstić information content (AvgIpc) is 0.827. The number of carbonyl (C=O) groups is 10. The molecular formula is C69H116N10O29. The van der Waals surface area contributed by atoms with Crippen molar-refractivity contribution < 1.29 is 140 Å². The number of aliphatic hydroxyl groups is 6. The van der Waals surface area contributed by atoms with Crippen LogP contribution in [-0.2, 0) is 111 Å². The molecule has 3 aliphatic rings. The number of hydrogen-bond acceptors (Lipinski definition) is 32. The average molecular weight is 1550 g/mol. The monoisotopic (exact) mass is 1550 g/mol. The van der Waals surface area contributed by atoms with E-state index in [-0.39, 0.29) is 199 Å². The highest BCUT2D eigenvalue weighted by molar-refractivity contribution is 5.78. The molecule has 4 rings (SSSR count). The topological polar surface area (TPSA) is 574 Å². The second kappa shape index (κ2) is 53.0. The van der Waals surface area contributed by atoms with E-state index in [1.807, 2.05) is 0 Å². The summed E-state index contributed by atoms with van der Waals surface area (Å²) in [5.41, 5.74) is 17.1. The molecule has 19 N–H and O–H groups in total. The van der Waals surface area contributed by atoms with E-state index in [2.05, 4.69) is 37.2 Å². The summed E-state index contributed by atoms with van der Waals surface area (Å²) < 4.78 is 72.2. The highest BCUT2D eigenvalue weighted by Gasteiger charge is 2.46. The van der Waals surface area contributed by atoms with Crippen molar-refractivity contribution in [2.45, 2.75) is 221 Å². The van der Waals surface area contributed by atoms with E-state index in [0.29, 0.717) is 63.4 Å². The zero-order valence-corrected chi connectivity index (χ0v) is 61.9. The molecular weight excluding hydrogens is 1430 g/mol. The minimum Gasteiger partial charge on any atom is -0.463 e. The van der Waals surface area contributed by atoms with Gasteiger partial charge in [0, 0.05) is 118 Å². The van der Waals surface area contributed by atoms with Crippen LogP contribution in [0.1, 0.15) is 123 Å². The SMILES string of the molecule is CC(=O)OCC1O[C@@H](OCCCCC(=O)NCCCNC(=O)CCOCC(COCCC(=O)NCCCNC(=O)CCCCO[C@@H]2OC(COC(C)=O)[C@H](O)[C@H](O)C2N)(COCCC(=O)NCCCNC(=O)CCCCO[C@@H]2OC(COC(C)=O)[C@H](O)[C@H](O)C2N)NC(=O)OCc2ccccc2)C(N)[C@@H](O)[C@H]1O. The lowest BCUT2D eigenvalue weighted by atomic mass is 9.98. The Labute approximate surface area is 627 Å². The van der Waals surface area contributed by atoms with Crippen molar-refractivity contribution in [2.24, 2.45) is 17.2 Å². The van der Waals surface area contributed by atoms with Crippen LogP contribution in [0.2, 0.25) is 0 Å². The Morgan fingerprint density at radius 2 is 0.667 bits per heavy atom. The molecule has 1 aromatic carbocycles. The first-order chi connectivity index (χ1) is 51.7. The molecule has 3 heterocycles. The molecule has 108 heavy (non-hydrogen) atoms. The smallest absolute Gasteiger partial charge is 0.408 e. The molecule has 0 radical (unpaired) electrons. The number of hydrogen-bond donors (Lipinski definition) is 16. The van der Waals surface area contributed by atoms with Gasteiger partial charge in [-0.1, -0.05) is 30.3 Å². The minimum absolute atomic E-state index is 0.119. The largest absolute Gasteiger partial charge is 0.463 e. The number of nitrogens with one attached hydrogen (secondary N) is 7. The van der Waals surface area contributed by atoms with Crippen molar-refractivity contribution >= 4 is 59.4 Å². The van der Waals surface area contributed by atoms with Crippen molar-refractivity contribution in [1.82, 2.24) is 37.2 Å². The van der Waals surface area contributed by atoms with Gasteiger partial charge in [0.15, 0.2) is 18.9 Å². The molecule has 0 saturated carbocycles. The maximum absolute atomic E-state index is 13.6. The maximum atomic E-state index is 13.6. The minimum atomic E-state index is -1.54. The number of alkyl carbamates (subject to hydrolysis) is 1. The number of rotatable bonds is 54. The summed E-state index contributed by atoms with van der Waals surface area (Å²) in [6.45, 7) is 2.89. The fourth-order valence-corrected chi connectivity index (χ4v) is 10.7. The van der Waals surface area contributed by atoms with Crippen LogP contribution in [0.3, 0.4) is 0 Å². The molecule has 3 saturated heterocycles. The fourth-order valence-electron chi connectivity index (χ4n) is 10.7. The third-order valence-corrected chi connectivity index (χ3v) is 17.0. The van der Waals surface area contributed by atoms with Gasteiger partial charge in [0.1, 0.15) is 86.9 Å². The van der Waals surface area contributed by atoms with E-state index in [1.165, 1.54) is 20.8 Å². The third-order valence-electron chi connectivity index (χ3n) is 17.0. The summed E-state index contributed by atoms with van der Waals surface area (Å²) in [5, 5.41) is 81.3. The number of benzene rings is 1. The van der Waals surface area contributed by atoms with Crippen LogP contribution in [0.25, 0.3) is 0 Å². The number of amides is 7. The summed E-state index contributed by atoms with van der Waals surface area (Å²) in [7, 11) is 0. The fraction of sp³-hybridized carbons (Fsp3) is 0.768. The number of esters is 3. The summed E-state index contributed by atoms with van der Waals surface area (Å²) >= 11 is 0. The summed E-state index contributed by atoms with van der Waals surface area (Å²) in [6.07, 6.45) is -11.8. The van der Waals surface area contributed by atoms with Gasteiger partial charge in [-0.05, 0) is 63.4 Å². The summed E-state index contributed by atoms with van der Waals surface area (Å²) in [5.74, 6) is -3.65. The highest BCUT2D eigenvalue weighted by Crippen LogP contribution is 2.25. The highest BCUT2D eigenvalue weighted by atomic mass is 16.7. The standard InChI is InChI=1S/C69H116N10O29/c1-43(80)102-37-47-59(89)62(92)56(70)65(106-47)99-30-10-7-18-50(83)73-24-13-27-76-53(86)21-33-96-40-69(79-68(95)105-36-46-16-5-4-6-17-46,41-97-34-22-54(87)77-28-14-25-74-51(84)19-8-11-31-100-66-57(71)63(93)60(90)48(107-66)38-103-44(2)81)42-98-35-23-55(88)78-29-15-26-75-52(85)20-9-12-32-101-67-58(72)64(94)61(91)49(108-67)39-104-45(3)82/h4-6,16-17,47-49,56-67,89-94H,7-15,18-42,70-72H2,1-3H3,(H,73,83)(H,74,84)(H,75,85)(H,76,86)(H,77,87)(H,78,88)(H,79,95)/t47?,48?,49?,56?,57?,58?,59-,60-,61-,62+,63+,64+,65+,66+,67+,69?/m0/s1. The normalized spacial score (nSPS) is 24.5. The predicted molar refractivity (Wildman–Crippen MR) is 376 cm³/mol. The first-order valence-corrected chi connectivity index (χ1v) is 36.6. The predicted octanol–water partition coefficient (Wildman–Crippen LogP) is -4.69. The van der Waals surface area contributed by atoms with Crippen molar-refractivity contribution in [3.05, 3.63) is 35.9 Å². The number of nitrogens with two attached hydrogens (primary N) is 3. The molecule has 6 unspecified atom stereocenters. The molecule has 0 aliphatic carbocycles. The van der Waals surface area contributed by atoms with Crippen molar-refractivity contribution in [3.8, 4) is 0 Å². The molecule has 0 bridgehead atoms. The lowest BCUT2D eigenvalue weighted by Gasteiger charge is -2.40. The van der Waals surface area contributed by atoms with Crippen LogP contribution < -0.4 is 54.4 Å². The Hall–Kier alpha value is -7.00. The van der Waals surface area contributed by atoms with Crippen molar-refractivity contribution in [3.63, 3.8) is 0 Å². The van der Waals surface area contributed by atoms with E-state index in [1.54, 1.807) is 30.3 Å². The molecule has 0 spiro atoms. The van der Waals surface area contributed by atoms with Gasteiger partial charge in [-0.15, -0.1) is 0 Å². The van der Waals surface area contributed by atoms with E-state index in [0.717, 1.165) is 0 Å². The van der Waals surface area contributed by atoms with Gasteiger partial charge in [0.05, 0.1) is 57.8 Å². The first-order valence-electron chi connectivity index (χ1n) is 36.6. The Kier molecular flexibility index (Phi) is 45.8. The molecule has 15 atom stereocenters. The molecule has 7 amide bonds. The van der Waals surface area contributed by atoms with E-state index in [9.17, 15) is 78.6 Å². The number of carbonyl (C=O) groups excluding carboxylic acids is 10. The van der Waals surface area contributed by atoms with Gasteiger partial charge in [-0.2, -0.15) is 0 Å². The Bertz CT molecular complexity index is 2580. The van der Waals surface area contributed by atoms with Crippen LogP contribution in [-0.4, -0.2) is 306 Å². The van der Waals surface area contributed by atoms with E-state index >= 15 is 0 Å². The summed E-state index contributed by atoms with van der Waals surface area (Å²) in [6, 6.07) is 5.64. The number of aliphatic hydroxyl groups excluding tert-OH is 6. The van der Waals surface area contributed by atoms with Crippen molar-refractivity contribution in [2.75, 3.05) is 119 Å². The number of ether oxygens (including phenoxy) is 13. The van der Waals surface area contributed by atoms with Gasteiger partial charge < -0.3 is 147 Å². The van der Waals surface area contributed by atoms with Gasteiger partial charge in [-0.25, -0.2) is 4.79 Å². The second-order valence-electron chi connectivity index (χ2n) is 26.2. The quantitative estimate of drug-likeness (QED) is 0.0166. The van der Waals surface area contributed by atoms with Crippen LogP contribution in [0.4, 0.5) is 4.79 Å². The van der Waals surface area contributed by atoms with Gasteiger partial charge >= 0.3 is 24.0 Å². The molecule has 616 valence electrons. The first kappa shape index (κ1) is 93.4. The van der Waals surface area contributed by atoms with Crippen LogP contribution >= 0.6 is 0 Å². The molecule has 1 aromatic rings. The van der Waals surface area contributed by atoms with Crippen molar-refractivity contribution in [1.29, 1.82) is 0 Å². The van der Waals surface area contributed by atoms with Crippen LogP contribution in [0, 0.1) is 0 Å². The summed E-state index contributed by atoms with van der Waals surface area (Å²) in [4.78, 5) is 124. The maximum Gasteiger partial charge on any atom is 0.408 e. The van der Waals surface area contributed by atoms with Crippen LogP contribution in [0.5, 0.6) is 0 Å². The van der Waals surface area contributed by atoms with Crippen LogP contribution in [0.15, 0.2) is 30.3 Å². The zero-order valence-electron chi connectivity index (χ0n) is 61.9. The zero-order chi connectivity index (χ0) is 79.2. The molecule has 0 aromatic heterocycles. The molecule has 39 nitrogen and oxygen atoms in total. The molecule has 3 aliphatic heterocycles. The van der Waals surface area contributed by atoms with Gasteiger partial charge in [0.25, 0.3) is 0 Å². The number of unbranched alkanes of at least 4 members (excludes halogenated alkanes) is 3. The van der Waals surface area contributed by atoms with Gasteiger partial charge in [-0.3, -0.25) is 43.2 Å². The third kappa shape index (κ3) is 38.1. The lowest BCUT2D eigenvalue weighted by Crippen LogP contribution is -2.62. The van der Waals surface area contributed by atoms with Gasteiger partial charge in [0.2, 0.25) is 35.4 Å². The Morgan fingerprint density at radius 3 is 0.954 bits per heavy atom. The molecule has 39 heteroatoms. The second-order valence-corrected chi connectivity index (χ2v) is 26.2. The molecule has 3 fully saturated rings. The Morgan fingerprint density at radius 1 is 0.380 bits per heavy atom.